The Labute approximate surface area is 258 Å². The summed E-state index contributed by atoms with van der Waals surface area (Å²) in [6, 6.07) is 6.99. The number of alkyl halides is 1. The van der Waals surface area contributed by atoms with E-state index in [0.717, 1.165) is 11.1 Å². The zero-order valence-corrected chi connectivity index (χ0v) is 26.2. The van der Waals surface area contributed by atoms with Crippen molar-refractivity contribution in [3.8, 4) is 11.5 Å². The fourth-order valence-corrected chi connectivity index (χ4v) is 5.62. The van der Waals surface area contributed by atoms with Gasteiger partial charge in [0.15, 0.2) is 5.78 Å². The summed E-state index contributed by atoms with van der Waals surface area (Å²) in [5.41, 5.74) is 3.18. The van der Waals surface area contributed by atoms with Crippen LogP contribution in [0.2, 0.25) is 0 Å². The second-order valence-corrected chi connectivity index (χ2v) is 12.3. The lowest BCUT2D eigenvalue weighted by atomic mass is 9.84. The van der Waals surface area contributed by atoms with Crippen LogP contribution in [0.15, 0.2) is 24.3 Å². The Hall–Kier alpha value is -4.15. The van der Waals surface area contributed by atoms with Crippen LogP contribution < -0.4 is 19.7 Å². The molecule has 44 heavy (non-hydrogen) atoms. The van der Waals surface area contributed by atoms with Crippen LogP contribution in [0.25, 0.3) is 0 Å². The molecule has 1 fully saturated rings. The van der Waals surface area contributed by atoms with Crippen LogP contribution in [0, 0.1) is 5.41 Å². The molecule has 1 amide bonds. The summed E-state index contributed by atoms with van der Waals surface area (Å²) in [6.45, 7) is 9.51. The summed E-state index contributed by atoms with van der Waals surface area (Å²) in [6.07, 6.45) is 0.475. The highest BCUT2D eigenvalue weighted by atomic mass is 19.1. The van der Waals surface area contributed by atoms with Gasteiger partial charge in [-0.1, -0.05) is 20.8 Å². The fourth-order valence-electron chi connectivity index (χ4n) is 5.62. The number of fused-ring (bicyclic) bond motifs is 1. The van der Waals surface area contributed by atoms with Gasteiger partial charge in [-0.05, 0) is 61.4 Å². The van der Waals surface area contributed by atoms with Gasteiger partial charge in [0.1, 0.15) is 23.5 Å². The molecule has 11 heteroatoms. The van der Waals surface area contributed by atoms with E-state index < -0.39 is 17.6 Å². The maximum Gasteiger partial charge on any atom is 0.303 e. The number of benzene rings is 2. The molecule has 2 heterocycles. The first-order chi connectivity index (χ1) is 20.8. The van der Waals surface area contributed by atoms with Crippen molar-refractivity contribution in [2.45, 2.75) is 71.5 Å². The Bertz CT molecular complexity index is 1440. The van der Waals surface area contributed by atoms with E-state index in [-0.39, 0.29) is 37.0 Å². The number of hydrogen-bond acceptors (Lipinski definition) is 7. The first-order valence-corrected chi connectivity index (χ1v) is 15.1. The average molecular weight is 611 g/mol. The van der Waals surface area contributed by atoms with Gasteiger partial charge in [-0.15, -0.1) is 0 Å². The van der Waals surface area contributed by atoms with Gasteiger partial charge in [0.2, 0.25) is 0 Å². The number of nitrogens with one attached hydrogen (secondary N) is 2. The molecule has 0 radical (unpaired) electrons. The Morgan fingerprint density at radius 1 is 1.14 bits per heavy atom. The van der Waals surface area contributed by atoms with Crippen molar-refractivity contribution in [3.63, 3.8) is 0 Å². The lowest BCUT2D eigenvalue weighted by Crippen LogP contribution is -2.31. The van der Waals surface area contributed by atoms with Crippen LogP contribution in [0.1, 0.15) is 90.8 Å². The van der Waals surface area contributed by atoms with Crippen molar-refractivity contribution in [2.75, 3.05) is 44.8 Å². The monoisotopic (exact) mass is 610 g/mol. The van der Waals surface area contributed by atoms with E-state index in [9.17, 15) is 18.8 Å². The highest BCUT2D eigenvalue weighted by Crippen LogP contribution is 2.42. The van der Waals surface area contributed by atoms with Gasteiger partial charge in [-0.25, -0.2) is 4.39 Å². The number of ether oxygens (including phenoxy) is 2. The van der Waals surface area contributed by atoms with Crippen molar-refractivity contribution in [1.29, 1.82) is 5.41 Å². The number of carbonyl (C=O) groups is 3. The fraction of sp³-hybridized carbons (Fsp3) is 0.515. The summed E-state index contributed by atoms with van der Waals surface area (Å²) in [5, 5.41) is 20.4. The molecule has 2 aromatic carbocycles. The van der Waals surface area contributed by atoms with Crippen LogP contribution in [0.5, 0.6) is 11.5 Å². The molecule has 2 aliphatic rings. The highest BCUT2D eigenvalue weighted by molar-refractivity contribution is 6.08. The Morgan fingerprint density at radius 2 is 1.89 bits per heavy atom. The molecule has 3 N–H and O–H groups in total. The summed E-state index contributed by atoms with van der Waals surface area (Å²) in [4.78, 5) is 40.9. The minimum absolute atomic E-state index is 0.0564. The Kier molecular flexibility index (Phi) is 10.2. The molecule has 2 aromatic rings. The van der Waals surface area contributed by atoms with Gasteiger partial charge >= 0.3 is 5.97 Å². The van der Waals surface area contributed by atoms with E-state index in [1.807, 2.05) is 38.7 Å². The summed E-state index contributed by atoms with van der Waals surface area (Å²) in [5.74, 6) is -0.201. The maximum absolute atomic E-state index is 14.4. The molecule has 2 aliphatic heterocycles. The van der Waals surface area contributed by atoms with Crippen molar-refractivity contribution < 1.29 is 33.4 Å². The number of halogens is 1. The number of rotatable bonds is 13. The first kappa shape index (κ1) is 32.8. The summed E-state index contributed by atoms with van der Waals surface area (Å²) in [7, 11) is 1.54. The number of unbranched alkanes of at least 4 members (excludes halogenated alkanes) is 1. The molecular weight excluding hydrogens is 567 g/mol. The molecule has 1 atom stereocenters. The van der Waals surface area contributed by atoms with E-state index in [1.165, 1.54) is 7.05 Å². The summed E-state index contributed by atoms with van der Waals surface area (Å²) >= 11 is 0. The first-order valence-electron chi connectivity index (χ1n) is 15.1. The van der Waals surface area contributed by atoms with Crippen LogP contribution >= 0.6 is 0 Å². The SMILES string of the molecule is CCOc1cc2c(cc1C(=O)NC)C(=N)N(CC(=O)c1cc(N3CCC(F)C3)c(OCCCCC(=O)O)c(C(C)(C)C)c1)C2. The van der Waals surface area contributed by atoms with Gasteiger partial charge in [0.25, 0.3) is 5.91 Å². The standard InChI is InChI=1S/C33H43FN4O6/c1-6-43-28-15-21-17-38(31(35)23(21)16-24(28)32(42)36-5)19-27(39)20-13-25(33(2,3)4)30(44-12-8-7-9-29(40)41)26(14-20)37-11-10-22(34)18-37/h13-16,22,35H,6-12,17-19H2,1-5H3,(H,36,42)(H,40,41). The van der Waals surface area contributed by atoms with Crippen molar-refractivity contribution in [1.82, 2.24) is 10.2 Å². The van der Waals surface area contributed by atoms with Gasteiger partial charge in [0, 0.05) is 49.8 Å². The van der Waals surface area contributed by atoms with Crippen molar-refractivity contribution in [2.24, 2.45) is 0 Å². The summed E-state index contributed by atoms with van der Waals surface area (Å²) < 4.78 is 26.3. The van der Waals surface area contributed by atoms with E-state index >= 15 is 0 Å². The van der Waals surface area contributed by atoms with Gasteiger partial charge < -0.3 is 29.7 Å². The van der Waals surface area contributed by atoms with E-state index in [2.05, 4.69) is 5.32 Å². The number of amides is 1. The van der Waals surface area contributed by atoms with Crippen LogP contribution in [0.3, 0.4) is 0 Å². The Morgan fingerprint density at radius 3 is 2.50 bits per heavy atom. The molecule has 1 unspecified atom stereocenters. The lowest BCUT2D eigenvalue weighted by molar-refractivity contribution is -0.137. The number of anilines is 1. The molecule has 0 bridgehead atoms. The average Bonchev–Trinajstić information content (AvgIpc) is 3.53. The molecule has 0 aliphatic carbocycles. The van der Waals surface area contributed by atoms with E-state index in [0.29, 0.717) is 79.4 Å². The van der Waals surface area contributed by atoms with Gasteiger partial charge in [0.05, 0.1) is 31.0 Å². The zero-order valence-electron chi connectivity index (χ0n) is 26.2. The molecule has 10 nitrogen and oxygen atoms in total. The van der Waals surface area contributed by atoms with Crippen LogP contribution in [-0.4, -0.2) is 79.6 Å². The normalized spacial score (nSPS) is 16.2. The number of carboxylic acids is 1. The number of ketones is 1. The number of hydrogen-bond donors (Lipinski definition) is 3. The van der Waals surface area contributed by atoms with E-state index in [1.54, 1.807) is 23.1 Å². The number of amidine groups is 1. The molecule has 0 aromatic heterocycles. The Balaban J connectivity index is 1.63. The van der Waals surface area contributed by atoms with Gasteiger partial charge in [-0.3, -0.25) is 19.8 Å². The van der Waals surface area contributed by atoms with Crippen LogP contribution in [-0.2, 0) is 16.8 Å². The largest absolute Gasteiger partial charge is 0.493 e. The predicted molar refractivity (Wildman–Crippen MR) is 166 cm³/mol. The molecule has 1 saturated heterocycles. The third-order valence-electron chi connectivity index (χ3n) is 7.95. The number of carboxylic acid groups (broad SMARTS) is 1. The number of nitrogens with zero attached hydrogens (tertiary/aromatic N) is 2. The predicted octanol–water partition coefficient (Wildman–Crippen LogP) is 4.95. The molecule has 0 saturated carbocycles. The van der Waals surface area contributed by atoms with E-state index in [4.69, 9.17) is 20.0 Å². The maximum atomic E-state index is 14.4. The quantitative estimate of drug-likeness (QED) is 0.215. The third kappa shape index (κ3) is 7.31. The second-order valence-electron chi connectivity index (χ2n) is 12.3. The number of aliphatic carboxylic acids is 1. The third-order valence-corrected chi connectivity index (χ3v) is 7.95. The smallest absolute Gasteiger partial charge is 0.303 e. The zero-order chi connectivity index (χ0) is 32.2. The molecule has 238 valence electrons. The van der Waals surface area contributed by atoms with Crippen LogP contribution in [0.4, 0.5) is 10.1 Å². The number of Topliss-reactive ketones (excluding diaryl/α,β-unsaturated/α-hetero) is 1. The minimum Gasteiger partial charge on any atom is -0.493 e. The minimum atomic E-state index is -0.985. The number of carbonyl (C=O) groups excluding carboxylic acids is 2. The molecule has 4 rings (SSSR count). The molecular formula is C33H43FN4O6. The second kappa shape index (κ2) is 13.7. The lowest BCUT2D eigenvalue weighted by Gasteiger charge is -2.30. The topological polar surface area (TPSA) is 132 Å². The van der Waals surface area contributed by atoms with Gasteiger partial charge in [-0.2, -0.15) is 0 Å². The molecule has 0 spiro atoms. The van der Waals surface area contributed by atoms with Crippen molar-refractivity contribution >= 4 is 29.2 Å². The van der Waals surface area contributed by atoms with Crippen molar-refractivity contribution in [3.05, 3.63) is 52.1 Å². The highest BCUT2D eigenvalue weighted by Gasteiger charge is 2.33.